The van der Waals surface area contributed by atoms with Crippen LogP contribution in [-0.4, -0.2) is 32.8 Å². The summed E-state index contributed by atoms with van der Waals surface area (Å²) in [6.45, 7) is 8.43. The number of anilines is 1. The largest absolute Gasteiger partial charge is 0.496 e. The first-order valence-corrected chi connectivity index (χ1v) is 12.7. The van der Waals surface area contributed by atoms with Crippen molar-refractivity contribution in [2.45, 2.75) is 84.2 Å². The maximum atomic E-state index is 13.7. The van der Waals surface area contributed by atoms with E-state index in [2.05, 4.69) is 38.2 Å². The fourth-order valence-corrected chi connectivity index (χ4v) is 4.01. The molecule has 0 aliphatic heterocycles. The van der Waals surface area contributed by atoms with E-state index < -0.39 is 5.60 Å². The SMILES string of the molecule is CCCCCCCC(C)(Oc1ccc(C(C)CC)cc1)C(=O)Nc1c(OC)cc(OC)cc1OC. The van der Waals surface area contributed by atoms with Crippen LogP contribution in [0.15, 0.2) is 36.4 Å². The van der Waals surface area contributed by atoms with Crippen LogP contribution in [0.5, 0.6) is 23.0 Å². The number of hydrogen-bond acceptors (Lipinski definition) is 5. The number of carbonyl (C=O) groups excluding carboxylic acids is 1. The summed E-state index contributed by atoms with van der Waals surface area (Å²) in [7, 11) is 4.67. The van der Waals surface area contributed by atoms with Crippen LogP contribution in [0.25, 0.3) is 0 Å². The highest BCUT2D eigenvalue weighted by Crippen LogP contribution is 2.40. The quantitative estimate of drug-likeness (QED) is 0.267. The van der Waals surface area contributed by atoms with Gasteiger partial charge in [-0.25, -0.2) is 0 Å². The fourth-order valence-electron chi connectivity index (χ4n) is 4.01. The molecular weight excluding hydrogens is 442 g/mol. The summed E-state index contributed by atoms with van der Waals surface area (Å²) in [6, 6.07) is 11.5. The van der Waals surface area contributed by atoms with E-state index in [0.717, 1.165) is 25.7 Å². The summed E-state index contributed by atoms with van der Waals surface area (Å²) < 4.78 is 22.7. The Balaban J connectivity index is 2.31. The van der Waals surface area contributed by atoms with Crippen molar-refractivity contribution in [3.63, 3.8) is 0 Å². The molecule has 0 fully saturated rings. The zero-order valence-electron chi connectivity index (χ0n) is 22.5. The molecule has 0 aliphatic rings. The Hall–Kier alpha value is -2.89. The van der Waals surface area contributed by atoms with Gasteiger partial charge in [0.1, 0.15) is 28.7 Å². The van der Waals surface area contributed by atoms with Gasteiger partial charge < -0.3 is 24.3 Å². The summed E-state index contributed by atoms with van der Waals surface area (Å²) in [4.78, 5) is 13.7. The molecule has 194 valence electrons. The number of amides is 1. The van der Waals surface area contributed by atoms with Crippen molar-refractivity contribution in [3.8, 4) is 23.0 Å². The number of benzene rings is 2. The molecule has 2 aromatic rings. The van der Waals surface area contributed by atoms with Crippen LogP contribution in [0.2, 0.25) is 0 Å². The molecule has 1 N–H and O–H groups in total. The maximum Gasteiger partial charge on any atom is 0.268 e. The first-order chi connectivity index (χ1) is 16.8. The third kappa shape index (κ3) is 7.81. The fraction of sp³-hybridized carbons (Fsp3) is 0.552. The molecule has 0 aliphatic carbocycles. The lowest BCUT2D eigenvalue weighted by Gasteiger charge is -2.30. The van der Waals surface area contributed by atoms with Crippen molar-refractivity contribution in [1.82, 2.24) is 0 Å². The third-order valence-electron chi connectivity index (χ3n) is 6.60. The molecule has 35 heavy (non-hydrogen) atoms. The van der Waals surface area contributed by atoms with Crippen molar-refractivity contribution < 1.29 is 23.7 Å². The predicted molar refractivity (Wildman–Crippen MR) is 142 cm³/mol. The molecule has 0 radical (unpaired) electrons. The molecule has 0 aromatic heterocycles. The highest BCUT2D eigenvalue weighted by molar-refractivity contribution is 6.00. The van der Waals surface area contributed by atoms with Gasteiger partial charge in [-0.15, -0.1) is 0 Å². The monoisotopic (exact) mass is 485 g/mol. The molecular formula is C29H43NO5. The smallest absolute Gasteiger partial charge is 0.268 e. The topological polar surface area (TPSA) is 66.0 Å². The summed E-state index contributed by atoms with van der Waals surface area (Å²) in [5.41, 5.74) is 0.645. The van der Waals surface area contributed by atoms with E-state index >= 15 is 0 Å². The minimum absolute atomic E-state index is 0.249. The van der Waals surface area contributed by atoms with Crippen LogP contribution < -0.4 is 24.3 Å². The zero-order valence-corrected chi connectivity index (χ0v) is 22.5. The first-order valence-electron chi connectivity index (χ1n) is 12.7. The Morgan fingerprint density at radius 1 is 0.886 bits per heavy atom. The summed E-state index contributed by atoms with van der Waals surface area (Å²) in [6.07, 6.45) is 7.14. The molecule has 0 heterocycles. The van der Waals surface area contributed by atoms with Gasteiger partial charge in [-0.05, 0) is 49.8 Å². The number of rotatable bonds is 15. The first kappa shape index (κ1) is 28.3. The van der Waals surface area contributed by atoms with Gasteiger partial charge in [0.25, 0.3) is 5.91 Å². The van der Waals surface area contributed by atoms with Crippen molar-refractivity contribution in [3.05, 3.63) is 42.0 Å². The number of carbonyl (C=O) groups is 1. The van der Waals surface area contributed by atoms with Crippen molar-refractivity contribution >= 4 is 11.6 Å². The Bertz CT molecular complexity index is 902. The van der Waals surface area contributed by atoms with E-state index in [1.165, 1.54) is 18.4 Å². The van der Waals surface area contributed by atoms with Gasteiger partial charge in [0.05, 0.1) is 21.3 Å². The van der Waals surface area contributed by atoms with Gasteiger partial charge in [-0.2, -0.15) is 0 Å². The zero-order chi connectivity index (χ0) is 25.8. The van der Waals surface area contributed by atoms with Crippen LogP contribution in [0, 0.1) is 0 Å². The van der Waals surface area contributed by atoms with Gasteiger partial charge in [-0.3, -0.25) is 4.79 Å². The number of hydrogen-bond donors (Lipinski definition) is 1. The molecule has 0 bridgehead atoms. The van der Waals surface area contributed by atoms with Crippen LogP contribution in [0.4, 0.5) is 5.69 Å². The van der Waals surface area contributed by atoms with E-state index in [4.69, 9.17) is 18.9 Å². The average molecular weight is 486 g/mol. The van der Waals surface area contributed by atoms with Gasteiger partial charge in [-0.1, -0.05) is 58.6 Å². The van der Waals surface area contributed by atoms with E-state index in [1.807, 2.05) is 19.1 Å². The van der Waals surface area contributed by atoms with Crippen LogP contribution in [0.3, 0.4) is 0 Å². The Labute approximate surface area is 211 Å². The second-order valence-corrected chi connectivity index (χ2v) is 9.24. The minimum Gasteiger partial charge on any atom is -0.496 e. The lowest BCUT2D eigenvalue weighted by molar-refractivity contribution is -0.130. The molecule has 2 unspecified atom stereocenters. The predicted octanol–water partition coefficient (Wildman–Crippen LogP) is 7.36. The standard InChI is InChI=1S/C29H43NO5/c1-8-10-11-12-13-18-29(4,35-23-16-14-22(15-17-23)21(3)9-2)28(31)30-27-25(33-6)19-24(32-5)20-26(27)34-7/h14-17,19-21H,8-13,18H2,1-7H3,(H,30,31). The molecule has 0 saturated heterocycles. The molecule has 6 heteroatoms. The van der Waals surface area contributed by atoms with Crippen LogP contribution in [-0.2, 0) is 4.79 Å². The molecule has 0 saturated carbocycles. The number of unbranched alkanes of at least 4 members (excludes halogenated alkanes) is 4. The number of nitrogens with one attached hydrogen (secondary N) is 1. The minimum atomic E-state index is -1.07. The molecule has 6 nitrogen and oxygen atoms in total. The van der Waals surface area contributed by atoms with Crippen molar-refractivity contribution in [2.24, 2.45) is 0 Å². The summed E-state index contributed by atoms with van der Waals surface area (Å²) in [5.74, 6) is 2.40. The van der Waals surface area contributed by atoms with Crippen LogP contribution in [0.1, 0.15) is 84.1 Å². The van der Waals surface area contributed by atoms with Crippen molar-refractivity contribution in [1.29, 1.82) is 0 Å². The van der Waals surface area contributed by atoms with E-state index in [9.17, 15) is 4.79 Å². The van der Waals surface area contributed by atoms with E-state index in [0.29, 0.717) is 41.0 Å². The van der Waals surface area contributed by atoms with Gasteiger partial charge in [0.15, 0.2) is 5.60 Å². The second-order valence-electron chi connectivity index (χ2n) is 9.24. The number of methoxy groups -OCH3 is 3. The Morgan fingerprint density at radius 3 is 2.00 bits per heavy atom. The lowest BCUT2D eigenvalue weighted by Crippen LogP contribution is -2.45. The molecule has 0 spiro atoms. The molecule has 2 aromatic carbocycles. The third-order valence-corrected chi connectivity index (χ3v) is 6.60. The Kier molecular flexibility index (Phi) is 11.2. The molecule has 2 atom stereocenters. The maximum absolute atomic E-state index is 13.7. The molecule has 1 amide bonds. The van der Waals surface area contributed by atoms with Crippen molar-refractivity contribution in [2.75, 3.05) is 26.6 Å². The highest BCUT2D eigenvalue weighted by Gasteiger charge is 2.36. The number of ether oxygens (including phenoxy) is 4. The molecule has 2 rings (SSSR count). The van der Waals surface area contributed by atoms with E-state index in [-0.39, 0.29) is 5.91 Å². The normalized spacial score (nSPS) is 13.5. The average Bonchev–Trinajstić information content (AvgIpc) is 2.88. The van der Waals surface area contributed by atoms with Gasteiger partial charge in [0.2, 0.25) is 0 Å². The highest BCUT2D eigenvalue weighted by atomic mass is 16.5. The van der Waals surface area contributed by atoms with Gasteiger partial charge in [0, 0.05) is 12.1 Å². The van der Waals surface area contributed by atoms with Crippen LogP contribution >= 0.6 is 0 Å². The second kappa shape index (κ2) is 13.9. The Morgan fingerprint density at radius 2 is 1.49 bits per heavy atom. The lowest BCUT2D eigenvalue weighted by atomic mass is 9.95. The van der Waals surface area contributed by atoms with Gasteiger partial charge >= 0.3 is 0 Å². The summed E-state index contributed by atoms with van der Waals surface area (Å²) in [5, 5.41) is 3.01. The summed E-state index contributed by atoms with van der Waals surface area (Å²) >= 11 is 0. The van der Waals surface area contributed by atoms with E-state index in [1.54, 1.807) is 33.5 Å².